The molecule has 1 N–H and O–H groups in total. The number of nitrogens with one attached hydrogen (secondary N) is 1. The Kier molecular flexibility index (Phi) is 6.58. The predicted octanol–water partition coefficient (Wildman–Crippen LogP) is 2.59. The van der Waals surface area contributed by atoms with Gasteiger partial charge in [0.15, 0.2) is 0 Å². The highest BCUT2D eigenvalue weighted by atomic mass is 35.5. The van der Waals surface area contributed by atoms with Crippen molar-refractivity contribution >= 4 is 23.5 Å². The van der Waals surface area contributed by atoms with Crippen molar-refractivity contribution in [2.45, 2.75) is 37.8 Å². The molecule has 0 spiro atoms. The van der Waals surface area contributed by atoms with Gasteiger partial charge in [0.25, 0.3) is 5.91 Å². The monoisotopic (exact) mass is 388 g/mol. The Morgan fingerprint density at radius 3 is 2.41 bits per heavy atom. The fourth-order valence-corrected chi connectivity index (χ4v) is 3.64. The van der Waals surface area contributed by atoms with Crippen LogP contribution in [-0.4, -0.2) is 58.6 Å². The van der Waals surface area contributed by atoms with Crippen molar-refractivity contribution in [3.05, 3.63) is 47.5 Å². The van der Waals surface area contributed by atoms with E-state index in [1.165, 1.54) is 0 Å². The summed E-state index contributed by atoms with van der Waals surface area (Å²) < 4.78 is 0. The molecule has 1 amide bonds. The number of nitrogens with zero attached hydrogens (tertiary/aromatic N) is 5. The first kappa shape index (κ1) is 19.5. The standard InChI is InChI=1S/C19H25ClN6O/c1-25(2)13-26(19-22-11-4-12-23-19)15-8-6-14(7-9-15)24-18(27)16-5-3-10-21-17(16)20/h3-5,10-12,14-15H,6-9,13H2,1-2H3,(H,24,27)/t14-,15+. The Hall–Kier alpha value is -2.25. The van der Waals surface area contributed by atoms with Crippen LogP contribution in [0.1, 0.15) is 36.0 Å². The summed E-state index contributed by atoms with van der Waals surface area (Å²) in [5, 5.41) is 3.33. The molecule has 8 heteroatoms. The van der Waals surface area contributed by atoms with Crippen molar-refractivity contribution in [2.75, 3.05) is 25.7 Å². The molecule has 144 valence electrons. The summed E-state index contributed by atoms with van der Waals surface area (Å²) in [7, 11) is 4.08. The Morgan fingerprint density at radius 1 is 1.11 bits per heavy atom. The zero-order valence-electron chi connectivity index (χ0n) is 15.7. The number of rotatable bonds is 6. The van der Waals surface area contributed by atoms with Crippen molar-refractivity contribution < 1.29 is 4.79 Å². The number of amides is 1. The van der Waals surface area contributed by atoms with Crippen LogP contribution in [0.2, 0.25) is 5.15 Å². The Morgan fingerprint density at radius 2 is 1.78 bits per heavy atom. The first-order chi connectivity index (χ1) is 13.0. The molecule has 3 rings (SSSR count). The SMILES string of the molecule is CN(C)CN(c1ncccn1)[C@H]1CC[C@@H](NC(=O)c2cccnc2Cl)CC1. The Bertz CT molecular complexity index is 749. The summed E-state index contributed by atoms with van der Waals surface area (Å²) in [6, 6.07) is 5.74. The van der Waals surface area contributed by atoms with Gasteiger partial charge in [-0.2, -0.15) is 0 Å². The zero-order valence-corrected chi connectivity index (χ0v) is 16.4. The summed E-state index contributed by atoms with van der Waals surface area (Å²) in [6.45, 7) is 0.761. The van der Waals surface area contributed by atoms with E-state index in [4.69, 9.17) is 11.6 Å². The minimum Gasteiger partial charge on any atom is -0.349 e. The van der Waals surface area contributed by atoms with Gasteiger partial charge in [-0.15, -0.1) is 0 Å². The molecule has 0 aliphatic heterocycles. The van der Waals surface area contributed by atoms with Gasteiger partial charge in [0, 0.05) is 30.7 Å². The first-order valence-electron chi connectivity index (χ1n) is 9.14. The van der Waals surface area contributed by atoms with E-state index >= 15 is 0 Å². The average molecular weight is 389 g/mol. The summed E-state index contributed by atoms with van der Waals surface area (Å²) in [5.74, 6) is 0.592. The number of carbonyl (C=O) groups is 1. The minimum absolute atomic E-state index is 0.142. The highest BCUT2D eigenvalue weighted by Gasteiger charge is 2.28. The van der Waals surface area contributed by atoms with Gasteiger partial charge in [0.2, 0.25) is 5.95 Å². The number of carbonyl (C=O) groups excluding carboxylic acids is 1. The van der Waals surface area contributed by atoms with Crippen LogP contribution in [0.5, 0.6) is 0 Å². The molecule has 2 aromatic rings. The van der Waals surface area contributed by atoms with Crippen LogP contribution in [0, 0.1) is 0 Å². The summed E-state index contributed by atoms with van der Waals surface area (Å²) in [5.41, 5.74) is 0.424. The van der Waals surface area contributed by atoms with Gasteiger partial charge in [-0.25, -0.2) is 15.0 Å². The van der Waals surface area contributed by atoms with Crippen molar-refractivity contribution in [3.8, 4) is 0 Å². The largest absolute Gasteiger partial charge is 0.349 e. The molecular formula is C19H25ClN6O. The minimum atomic E-state index is -0.159. The second kappa shape index (κ2) is 9.10. The van der Waals surface area contributed by atoms with E-state index in [1.54, 1.807) is 30.7 Å². The maximum Gasteiger partial charge on any atom is 0.254 e. The molecule has 0 aromatic carbocycles. The molecule has 1 fully saturated rings. The van der Waals surface area contributed by atoms with Gasteiger partial charge in [0.1, 0.15) is 5.15 Å². The molecule has 2 heterocycles. The van der Waals surface area contributed by atoms with E-state index in [2.05, 4.69) is 30.1 Å². The number of pyridine rings is 1. The quantitative estimate of drug-likeness (QED) is 0.605. The molecule has 0 bridgehead atoms. The molecule has 1 aliphatic carbocycles. The van der Waals surface area contributed by atoms with Crippen molar-refractivity contribution in [1.82, 2.24) is 25.2 Å². The average Bonchev–Trinajstić information content (AvgIpc) is 2.68. The summed E-state index contributed by atoms with van der Waals surface area (Å²) >= 11 is 6.02. The van der Waals surface area contributed by atoms with Crippen LogP contribution < -0.4 is 10.2 Å². The molecule has 1 aliphatic rings. The van der Waals surface area contributed by atoms with E-state index in [0.29, 0.717) is 11.6 Å². The summed E-state index contributed by atoms with van der Waals surface area (Å²) in [4.78, 5) is 29.6. The van der Waals surface area contributed by atoms with E-state index in [-0.39, 0.29) is 17.1 Å². The third-order valence-corrected chi connectivity index (χ3v) is 5.02. The fourth-order valence-electron chi connectivity index (χ4n) is 3.44. The number of hydrogen-bond acceptors (Lipinski definition) is 6. The maximum absolute atomic E-state index is 12.4. The zero-order chi connectivity index (χ0) is 19.2. The third kappa shape index (κ3) is 5.14. The van der Waals surface area contributed by atoms with Gasteiger partial charge in [-0.05, 0) is 58.0 Å². The van der Waals surface area contributed by atoms with Gasteiger partial charge in [0.05, 0.1) is 12.2 Å². The van der Waals surface area contributed by atoms with Crippen LogP contribution in [0.3, 0.4) is 0 Å². The lowest BCUT2D eigenvalue weighted by atomic mass is 9.90. The molecule has 0 saturated heterocycles. The van der Waals surface area contributed by atoms with Crippen LogP contribution in [0.25, 0.3) is 0 Å². The predicted molar refractivity (Wildman–Crippen MR) is 106 cm³/mol. The van der Waals surface area contributed by atoms with E-state index in [0.717, 1.165) is 38.3 Å². The molecule has 7 nitrogen and oxygen atoms in total. The molecule has 0 unspecified atom stereocenters. The number of halogens is 1. The van der Waals surface area contributed by atoms with Gasteiger partial charge < -0.3 is 10.2 Å². The van der Waals surface area contributed by atoms with E-state index in [9.17, 15) is 4.79 Å². The molecule has 2 aromatic heterocycles. The van der Waals surface area contributed by atoms with Gasteiger partial charge in [-0.1, -0.05) is 11.6 Å². The maximum atomic E-state index is 12.4. The number of anilines is 1. The lowest BCUT2D eigenvalue weighted by Gasteiger charge is -2.38. The van der Waals surface area contributed by atoms with Crippen molar-refractivity contribution in [2.24, 2.45) is 0 Å². The number of aromatic nitrogens is 3. The fraction of sp³-hybridized carbons (Fsp3) is 0.474. The molecule has 27 heavy (non-hydrogen) atoms. The highest BCUT2D eigenvalue weighted by Crippen LogP contribution is 2.26. The first-order valence-corrected chi connectivity index (χ1v) is 9.52. The smallest absolute Gasteiger partial charge is 0.254 e. The third-order valence-electron chi connectivity index (χ3n) is 4.72. The van der Waals surface area contributed by atoms with Crippen LogP contribution in [0.15, 0.2) is 36.8 Å². The normalized spacial score (nSPS) is 19.7. The second-order valence-electron chi connectivity index (χ2n) is 7.06. The lowest BCUT2D eigenvalue weighted by Crippen LogP contribution is -2.47. The van der Waals surface area contributed by atoms with Crippen LogP contribution in [0.4, 0.5) is 5.95 Å². The van der Waals surface area contributed by atoms with Crippen molar-refractivity contribution in [1.29, 1.82) is 0 Å². The topological polar surface area (TPSA) is 74.2 Å². The Labute approximate surface area is 164 Å². The molecule has 0 atom stereocenters. The van der Waals surface area contributed by atoms with Crippen LogP contribution in [-0.2, 0) is 0 Å². The van der Waals surface area contributed by atoms with Crippen LogP contribution >= 0.6 is 11.6 Å². The number of hydrogen-bond donors (Lipinski definition) is 1. The summed E-state index contributed by atoms with van der Waals surface area (Å²) in [6.07, 6.45) is 8.88. The lowest BCUT2D eigenvalue weighted by molar-refractivity contribution is 0.0925. The van der Waals surface area contributed by atoms with Gasteiger partial charge in [-0.3, -0.25) is 9.69 Å². The van der Waals surface area contributed by atoms with Gasteiger partial charge >= 0.3 is 0 Å². The second-order valence-corrected chi connectivity index (χ2v) is 7.42. The highest BCUT2D eigenvalue weighted by molar-refractivity contribution is 6.32. The van der Waals surface area contributed by atoms with Crippen molar-refractivity contribution in [3.63, 3.8) is 0 Å². The molecular weight excluding hydrogens is 364 g/mol. The van der Waals surface area contributed by atoms with E-state index in [1.807, 2.05) is 20.2 Å². The Balaban J connectivity index is 1.60. The molecule has 0 radical (unpaired) electrons. The molecule has 1 saturated carbocycles. The van der Waals surface area contributed by atoms with E-state index < -0.39 is 0 Å².